The van der Waals surface area contributed by atoms with Crippen LogP contribution >= 0.6 is 11.3 Å². The van der Waals surface area contributed by atoms with Gasteiger partial charge >= 0.3 is 0 Å². The molecule has 0 fully saturated rings. The highest BCUT2D eigenvalue weighted by molar-refractivity contribution is 7.12. The minimum Gasteiger partial charge on any atom is -0.348 e. The van der Waals surface area contributed by atoms with Gasteiger partial charge in [-0.3, -0.25) is 4.79 Å². The summed E-state index contributed by atoms with van der Waals surface area (Å²) in [7, 11) is 0. The monoisotopic (exact) mass is 310 g/mol. The summed E-state index contributed by atoms with van der Waals surface area (Å²) in [6.07, 6.45) is 3.98. The van der Waals surface area contributed by atoms with Crippen molar-refractivity contribution in [1.82, 2.24) is 15.4 Å². The SMILES string of the molecule is O=C(N/N=C(/Cc1ncc[nH]1)c1ccccc1)c1cccs1. The van der Waals surface area contributed by atoms with Gasteiger partial charge in [0.1, 0.15) is 5.82 Å². The van der Waals surface area contributed by atoms with E-state index in [1.54, 1.807) is 18.5 Å². The number of hydrogen-bond donors (Lipinski definition) is 2. The van der Waals surface area contributed by atoms with Gasteiger partial charge in [0, 0.05) is 12.4 Å². The van der Waals surface area contributed by atoms with Gasteiger partial charge in [-0.25, -0.2) is 10.4 Å². The lowest BCUT2D eigenvalue weighted by Crippen LogP contribution is -2.20. The van der Waals surface area contributed by atoms with Gasteiger partial charge in [0.05, 0.1) is 17.0 Å². The van der Waals surface area contributed by atoms with Gasteiger partial charge < -0.3 is 4.98 Å². The number of amides is 1. The van der Waals surface area contributed by atoms with Crippen LogP contribution in [0.2, 0.25) is 0 Å². The van der Waals surface area contributed by atoms with Gasteiger partial charge in [0.2, 0.25) is 0 Å². The fourth-order valence-electron chi connectivity index (χ4n) is 1.97. The number of benzene rings is 1. The zero-order chi connectivity index (χ0) is 15.2. The Bertz CT molecular complexity index is 749. The Hall–Kier alpha value is -2.73. The number of aromatic amines is 1. The number of H-pyrrole nitrogens is 1. The van der Waals surface area contributed by atoms with E-state index >= 15 is 0 Å². The molecule has 1 aromatic carbocycles. The van der Waals surface area contributed by atoms with Crippen LogP contribution in [0.25, 0.3) is 0 Å². The van der Waals surface area contributed by atoms with E-state index in [-0.39, 0.29) is 5.91 Å². The summed E-state index contributed by atoms with van der Waals surface area (Å²) in [4.78, 5) is 19.9. The van der Waals surface area contributed by atoms with Crippen LogP contribution in [0.5, 0.6) is 0 Å². The molecule has 0 saturated carbocycles. The fraction of sp³-hybridized carbons (Fsp3) is 0.0625. The van der Waals surface area contributed by atoms with Crippen molar-refractivity contribution in [2.75, 3.05) is 0 Å². The molecule has 0 bridgehead atoms. The molecular weight excluding hydrogens is 296 g/mol. The predicted molar refractivity (Wildman–Crippen MR) is 87.1 cm³/mol. The van der Waals surface area contributed by atoms with Crippen molar-refractivity contribution in [3.63, 3.8) is 0 Å². The number of rotatable bonds is 5. The van der Waals surface area contributed by atoms with E-state index in [1.807, 2.05) is 41.8 Å². The molecule has 3 rings (SSSR count). The maximum Gasteiger partial charge on any atom is 0.281 e. The Labute approximate surface area is 131 Å². The molecule has 0 aliphatic heterocycles. The minimum absolute atomic E-state index is 0.206. The first-order valence-corrected chi connectivity index (χ1v) is 7.65. The Kier molecular flexibility index (Phi) is 4.41. The Morgan fingerprint density at radius 2 is 2.09 bits per heavy atom. The van der Waals surface area contributed by atoms with Crippen LogP contribution in [0.15, 0.2) is 65.3 Å². The number of imidazole rings is 1. The van der Waals surface area contributed by atoms with Crippen molar-refractivity contribution in [3.8, 4) is 0 Å². The molecule has 0 saturated heterocycles. The summed E-state index contributed by atoms with van der Waals surface area (Å²) in [5, 5.41) is 6.15. The molecule has 22 heavy (non-hydrogen) atoms. The first kappa shape index (κ1) is 14.2. The summed E-state index contributed by atoms with van der Waals surface area (Å²) < 4.78 is 0. The van der Waals surface area contributed by atoms with Crippen molar-refractivity contribution in [2.24, 2.45) is 5.10 Å². The number of nitrogens with zero attached hydrogens (tertiary/aromatic N) is 2. The molecule has 0 spiro atoms. The van der Waals surface area contributed by atoms with Crippen molar-refractivity contribution >= 4 is 23.0 Å². The second-order valence-corrected chi connectivity index (χ2v) is 5.50. The third-order valence-electron chi connectivity index (χ3n) is 3.03. The average Bonchev–Trinajstić information content (AvgIpc) is 3.25. The van der Waals surface area contributed by atoms with E-state index in [9.17, 15) is 4.79 Å². The molecular formula is C16H14N4OS. The normalized spacial score (nSPS) is 11.4. The molecule has 3 aromatic rings. The Balaban J connectivity index is 1.81. The maximum atomic E-state index is 12.0. The zero-order valence-corrected chi connectivity index (χ0v) is 12.5. The van der Waals surface area contributed by atoms with Crippen molar-refractivity contribution in [3.05, 3.63) is 76.5 Å². The van der Waals surface area contributed by atoms with Gasteiger partial charge in [0.15, 0.2) is 0 Å². The number of hydrazone groups is 1. The fourth-order valence-corrected chi connectivity index (χ4v) is 2.58. The van der Waals surface area contributed by atoms with E-state index in [0.717, 1.165) is 17.1 Å². The van der Waals surface area contributed by atoms with E-state index in [1.165, 1.54) is 11.3 Å². The van der Waals surface area contributed by atoms with E-state index < -0.39 is 0 Å². The molecule has 2 aromatic heterocycles. The highest BCUT2D eigenvalue weighted by Crippen LogP contribution is 2.09. The molecule has 0 aliphatic rings. The number of nitrogens with one attached hydrogen (secondary N) is 2. The molecule has 5 nitrogen and oxygen atoms in total. The standard InChI is InChI=1S/C16H14N4OS/c21-16(14-7-4-10-22-14)20-19-13(11-15-17-8-9-18-15)12-5-2-1-3-6-12/h1-10H,11H2,(H,17,18)(H,20,21)/b19-13-. The molecule has 0 radical (unpaired) electrons. The van der Waals surface area contributed by atoms with Gasteiger partial charge in [0.25, 0.3) is 5.91 Å². The summed E-state index contributed by atoms with van der Waals surface area (Å²) in [6, 6.07) is 13.3. The highest BCUT2D eigenvalue weighted by Gasteiger charge is 2.09. The third kappa shape index (κ3) is 3.48. The molecule has 0 atom stereocenters. The number of aromatic nitrogens is 2. The number of hydrogen-bond acceptors (Lipinski definition) is 4. The van der Waals surface area contributed by atoms with Gasteiger partial charge in [-0.15, -0.1) is 11.3 Å². The van der Waals surface area contributed by atoms with Crippen molar-refractivity contribution < 1.29 is 4.79 Å². The van der Waals surface area contributed by atoms with Crippen LogP contribution in [0.4, 0.5) is 0 Å². The maximum absolute atomic E-state index is 12.0. The summed E-state index contributed by atoms with van der Waals surface area (Å²) >= 11 is 1.38. The third-order valence-corrected chi connectivity index (χ3v) is 3.90. The van der Waals surface area contributed by atoms with Crippen LogP contribution in [-0.4, -0.2) is 21.6 Å². The van der Waals surface area contributed by atoms with Crippen LogP contribution < -0.4 is 5.43 Å². The van der Waals surface area contributed by atoms with Crippen LogP contribution in [0.1, 0.15) is 21.1 Å². The molecule has 110 valence electrons. The van der Waals surface area contributed by atoms with Gasteiger partial charge in [-0.05, 0) is 17.0 Å². The number of carbonyl (C=O) groups is 1. The highest BCUT2D eigenvalue weighted by atomic mass is 32.1. The molecule has 0 aliphatic carbocycles. The van der Waals surface area contributed by atoms with Crippen molar-refractivity contribution in [2.45, 2.75) is 6.42 Å². The first-order valence-electron chi connectivity index (χ1n) is 6.77. The predicted octanol–water partition coefficient (Wildman–Crippen LogP) is 2.85. The van der Waals surface area contributed by atoms with Crippen molar-refractivity contribution in [1.29, 1.82) is 0 Å². The largest absolute Gasteiger partial charge is 0.348 e. The quantitative estimate of drug-likeness (QED) is 0.562. The molecule has 6 heteroatoms. The smallest absolute Gasteiger partial charge is 0.281 e. The van der Waals surface area contributed by atoms with Crippen LogP contribution in [0.3, 0.4) is 0 Å². The second-order valence-electron chi connectivity index (χ2n) is 4.56. The topological polar surface area (TPSA) is 70.1 Å². The Morgan fingerprint density at radius 1 is 1.23 bits per heavy atom. The summed E-state index contributed by atoms with van der Waals surface area (Å²) in [6.45, 7) is 0. The minimum atomic E-state index is -0.206. The lowest BCUT2D eigenvalue weighted by molar-refractivity contribution is 0.0959. The molecule has 0 unspecified atom stereocenters. The number of carbonyl (C=O) groups excluding carboxylic acids is 1. The van der Waals surface area contributed by atoms with E-state index in [0.29, 0.717) is 11.3 Å². The summed E-state index contributed by atoms with van der Waals surface area (Å²) in [5.74, 6) is 0.593. The average molecular weight is 310 g/mol. The van der Waals surface area contributed by atoms with Gasteiger partial charge in [-0.2, -0.15) is 5.10 Å². The Morgan fingerprint density at radius 3 is 2.77 bits per heavy atom. The van der Waals surface area contributed by atoms with Gasteiger partial charge in [-0.1, -0.05) is 36.4 Å². The molecule has 2 N–H and O–H groups in total. The lowest BCUT2D eigenvalue weighted by Gasteiger charge is -2.06. The second kappa shape index (κ2) is 6.82. The molecule has 1 amide bonds. The van der Waals surface area contributed by atoms with Crippen LogP contribution in [0, 0.1) is 0 Å². The summed E-state index contributed by atoms with van der Waals surface area (Å²) in [5.41, 5.74) is 4.31. The van der Waals surface area contributed by atoms with E-state index in [4.69, 9.17) is 0 Å². The molecule has 2 heterocycles. The lowest BCUT2D eigenvalue weighted by atomic mass is 10.1. The first-order chi connectivity index (χ1) is 10.8. The van der Waals surface area contributed by atoms with E-state index in [2.05, 4.69) is 20.5 Å². The van der Waals surface area contributed by atoms with Crippen LogP contribution in [-0.2, 0) is 6.42 Å². The zero-order valence-electron chi connectivity index (χ0n) is 11.7. The number of thiophene rings is 1.